The Morgan fingerprint density at radius 2 is 1.81 bits per heavy atom. The van der Waals surface area contributed by atoms with Gasteiger partial charge < -0.3 is 25.4 Å². The minimum atomic E-state index is -0.518. The van der Waals surface area contributed by atoms with Crippen molar-refractivity contribution in [3.63, 3.8) is 0 Å². The molecule has 1 aliphatic heterocycles. The molecule has 9 nitrogen and oxygen atoms in total. The summed E-state index contributed by atoms with van der Waals surface area (Å²) in [5, 5.41) is 7.98. The van der Waals surface area contributed by atoms with Gasteiger partial charge in [0.2, 0.25) is 11.8 Å². The van der Waals surface area contributed by atoms with Crippen LogP contribution >= 0.6 is 0 Å². The molecule has 0 atom stereocenters. The summed E-state index contributed by atoms with van der Waals surface area (Å²) in [6, 6.07) is 12.1. The third kappa shape index (κ3) is 6.56. The number of fused-ring (bicyclic) bond motifs is 1. The van der Waals surface area contributed by atoms with Crippen molar-refractivity contribution in [2.45, 2.75) is 19.3 Å². The number of rotatable bonds is 8. The fourth-order valence-corrected chi connectivity index (χ4v) is 2.99. The van der Waals surface area contributed by atoms with Crippen LogP contribution in [-0.4, -0.2) is 44.0 Å². The quantitative estimate of drug-likeness (QED) is 0.550. The lowest BCUT2D eigenvalue weighted by Crippen LogP contribution is -2.31. The molecule has 2 aromatic carbocycles. The summed E-state index contributed by atoms with van der Waals surface area (Å²) in [6.07, 6.45) is 1.17. The highest BCUT2D eigenvalue weighted by molar-refractivity contribution is 5.94. The summed E-state index contributed by atoms with van der Waals surface area (Å²) in [7, 11) is 1.25. The fraction of sp³-hybridized carbons (Fsp3) is 0.273. The third-order valence-corrected chi connectivity index (χ3v) is 4.60. The van der Waals surface area contributed by atoms with E-state index in [1.165, 1.54) is 7.11 Å². The van der Waals surface area contributed by atoms with Crippen LogP contribution in [0.15, 0.2) is 42.5 Å². The van der Waals surface area contributed by atoms with Gasteiger partial charge in [-0.2, -0.15) is 0 Å². The summed E-state index contributed by atoms with van der Waals surface area (Å²) >= 11 is 0. The largest absolute Gasteiger partial charge is 0.484 e. The van der Waals surface area contributed by atoms with Crippen molar-refractivity contribution < 1.29 is 28.7 Å². The van der Waals surface area contributed by atoms with Crippen molar-refractivity contribution >= 4 is 35.1 Å². The van der Waals surface area contributed by atoms with Gasteiger partial charge in [-0.05, 0) is 47.9 Å². The molecule has 3 amide bonds. The number of anilines is 2. The van der Waals surface area contributed by atoms with Crippen molar-refractivity contribution in [3.8, 4) is 5.75 Å². The number of benzene rings is 2. The molecule has 0 aliphatic carbocycles. The fourth-order valence-electron chi connectivity index (χ4n) is 2.99. The maximum atomic E-state index is 12.2. The summed E-state index contributed by atoms with van der Waals surface area (Å²) in [5.41, 5.74) is 3.05. The molecule has 1 heterocycles. The Bertz CT molecular complexity index is 987. The highest BCUT2D eigenvalue weighted by atomic mass is 16.5. The molecule has 0 bridgehead atoms. The van der Waals surface area contributed by atoms with E-state index >= 15 is 0 Å². The molecule has 3 N–H and O–H groups in total. The second-order valence-electron chi connectivity index (χ2n) is 6.93. The molecule has 9 heteroatoms. The van der Waals surface area contributed by atoms with Crippen molar-refractivity contribution in [2.24, 2.45) is 0 Å². The molecule has 0 spiro atoms. The molecule has 0 saturated carbocycles. The number of hydrogen-bond donors (Lipinski definition) is 3. The van der Waals surface area contributed by atoms with Crippen LogP contribution in [0.3, 0.4) is 0 Å². The lowest BCUT2D eigenvalue weighted by Gasteiger charge is -2.17. The van der Waals surface area contributed by atoms with Gasteiger partial charge >= 0.3 is 5.97 Å². The monoisotopic (exact) mass is 425 g/mol. The number of ether oxygens (including phenoxy) is 2. The SMILES string of the molecule is COC(=O)CNC(=O)Cc1ccc(NC(=O)COc2ccc3c(c2)CCC(=O)N3)cc1. The molecule has 2 aromatic rings. The van der Waals surface area contributed by atoms with E-state index < -0.39 is 5.97 Å². The maximum Gasteiger partial charge on any atom is 0.325 e. The predicted octanol–water partition coefficient (Wildman–Crippen LogP) is 1.42. The molecule has 0 saturated heterocycles. The molecule has 0 unspecified atom stereocenters. The average Bonchev–Trinajstić information content (AvgIpc) is 2.77. The van der Waals surface area contributed by atoms with Crippen LogP contribution in [0, 0.1) is 0 Å². The van der Waals surface area contributed by atoms with E-state index in [9.17, 15) is 19.2 Å². The van der Waals surface area contributed by atoms with Crippen molar-refractivity contribution in [1.82, 2.24) is 5.32 Å². The molecule has 162 valence electrons. The van der Waals surface area contributed by atoms with Crippen molar-refractivity contribution in [1.29, 1.82) is 0 Å². The molecular weight excluding hydrogens is 402 g/mol. The van der Waals surface area contributed by atoms with E-state index in [-0.39, 0.29) is 37.3 Å². The second-order valence-corrected chi connectivity index (χ2v) is 6.93. The lowest BCUT2D eigenvalue weighted by molar-refractivity contribution is -0.141. The van der Waals surface area contributed by atoms with E-state index in [1.807, 2.05) is 6.07 Å². The summed E-state index contributed by atoms with van der Waals surface area (Å²) < 4.78 is 10.0. The third-order valence-electron chi connectivity index (χ3n) is 4.60. The zero-order valence-electron chi connectivity index (χ0n) is 17.0. The molecule has 0 aromatic heterocycles. The normalized spacial score (nSPS) is 12.2. The van der Waals surface area contributed by atoms with Crippen LogP contribution in [0.25, 0.3) is 0 Å². The average molecular weight is 425 g/mol. The molecule has 3 rings (SSSR count). The summed E-state index contributed by atoms with van der Waals surface area (Å²) in [6.45, 7) is -0.342. The topological polar surface area (TPSA) is 123 Å². The summed E-state index contributed by atoms with van der Waals surface area (Å²) in [4.78, 5) is 46.4. The number of carbonyl (C=O) groups is 4. The number of methoxy groups -OCH3 is 1. The van der Waals surface area contributed by atoms with Crippen molar-refractivity contribution in [3.05, 3.63) is 53.6 Å². The van der Waals surface area contributed by atoms with Gasteiger partial charge in [0.1, 0.15) is 12.3 Å². The van der Waals surface area contributed by atoms with Crippen LogP contribution in [0.1, 0.15) is 17.5 Å². The predicted molar refractivity (Wildman–Crippen MR) is 113 cm³/mol. The first-order chi connectivity index (χ1) is 14.9. The maximum absolute atomic E-state index is 12.2. The zero-order valence-corrected chi connectivity index (χ0v) is 17.0. The van der Waals surface area contributed by atoms with Crippen molar-refractivity contribution in [2.75, 3.05) is 30.9 Å². The Balaban J connectivity index is 1.45. The van der Waals surface area contributed by atoms with Gasteiger partial charge in [0.05, 0.1) is 13.5 Å². The van der Waals surface area contributed by atoms with E-state index in [1.54, 1.807) is 36.4 Å². The molecule has 0 fully saturated rings. The smallest absolute Gasteiger partial charge is 0.325 e. The van der Waals surface area contributed by atoms with Gasteiger partial charge in [-0.1, -0.05) is 12.1 Å². The van der Waals surface area contributed by atoms with Crippen LogP contribution < -0.4 is 20.7 Å². The van der Waals surface area contributed by atoms with Gasteiger partial charge in [0.25, 0.3) is 5.91 Å². The van der Waals surface area contributed by atoms with Gasteiger partial charge in [-0.3, -0.25) is 19.2 Å². The number of amides is 3. The van der Waals surface area contributed by atoms with Crippen LogP contribution in [-0.2, 0) is 36.8 Å². The first kappa shape index (κ1) is 21.8. The standard InChI is InChI=1S/C22H23N3O6/c1-30-22(29)12-23-20(27)10-14-2-5-16(6-3-14)24-21(28)13-31-17-7-8-18-15(11-17)4-9-19(26)25-18/h2-3,5-8,11H,4,9-10,12-13H2,1H3,(H,23,27)(H,24,28)(H,25,26). The molecule has 31 heavy (non-hydrogen) atoms. The van der Waals surface area contributed by atoms with E-state index in [0.717, 1.165) is 16.8 Å². The molecule has 1 aliphatic rings. The number of aryl methyl sites for hydroxylation is 1. The highest BCUT2D eigenvalue weighted by Gasteiger charge is 2.15. The molecule has 0 radical (unpaired) electrons. The number of carbonyl (C=O) groups excluding carboxylic acids is 4. The number of hydrogen-bond acceptors (Lipinski definition) is 6. The van der Waals surface area contributed by atoms with Crippen LogP contribution in [0.5, 0.6) is 5.75 Å². The van der Waals surface area contributed by atoms with Gasteiger partial charge in [0.15, 0.2) is 6.61 Å². The minimum absolute atomic E-state index is 0.00612. The lowest BCUT2D eigenvalue weighted by atomic mass is 10.0. The summed E-state index contributed by atoms with van der Waals surface area (Å²) in [5.74, 6) is -0.600. The number of esters is 1. The van der Waals surface area contributed by atoms with Crippen LogP contribution in [0.2, 0.25) is 0 Å². The Hall–Kier alpha value is -3.88. The minimum Gasteiger partial charge on any atom is -0.484 e. The second kappa shape index (κ2) is 10.2. The first-order valence-corrected chi connectivity index (χ1v) is 9.71. The highest BCUT2D eigenvalue weighted by Crippen LogP contribution is 2.26. The van der Waals surface area contributed by atoms with Gasteiger partial charge in [0, 0.05) is 17.8 Å². The van der Waals surface area contributed by atoms with Crippen LogP contribution in [0.4, 0.5) is 11.4 Å². The Morgan fingerprint density at radius 1 is 1.03 bits per heavy atom. The van der Waals surface area contributed by atoms with E-state index in [4.69, 9.17) is 4.74 Å². The number of nitrogens with one attached hydrogen (secondary N) is 3. The van der Waals surface area contributed by atoms with E-state index in [2.05, 4.69) is 20.7 Å². The Labute approximate surface area is 179 Å². The zero-order chi connectivity index (χ0) is 22.2. The van der Waals surface area contributed by atoms with Gasteiger partial charge in [-0.25, -0.2) is 0 Å². The molecular formula is C22H23N3O6. The Morgan fingerprint density at radius 3 is 2.55 bits per heavy atom. The first-order valence-electron chi connectivity index (χ1n) is 9.71. The van der Waals surface area contributed by atoms with E-state index in [0.29, 0.717) is 24.3 Å². The van der Waals surface area contributed by atoms with Gasteiger partial charge in [-0.15, -0.1) is 0 Å². The Kier molecular flexibility index (Phi) is 7.21.